The second kappa shape index (κ2) is 450. The van der Waals surface area contributed by atoms with E-state index in [4.69, 9.17) is 71.0 Å². The van der Waals surface area contributed by atoms with Crippen molar-refractivity contribution < 1.29 is 223 Å². The zero-order chi connectivity index (χ0) is 12.0. The Balaban J connectivity index is -0.00000000267. The Bertz CT molecular complexity index is 106. The van der Waals surface area contributed by atoms with Crippen molar-refractivity contribution in [3.63, 3.8) is 0 Å². The fourth-order valence-electron chi connectivity index (χ4n) is 0. The summed E-state index contributed by atoms with van der Waals surface area (Å²) in [6.07, 6.45) is 0. The van der Waals surface area contributed by atoms with Crippen molar-refractivity contribution in [2.45, 2.75) is 0 Å². The first-order valence-electron chi connectivity index (χ1n) is 1.34. The van der Waals surface area contributed by atoms with Crippen LogP contribution in [0.4, 0.5) is 0 Å². The van der Waals surface area contributed by atoms with Gasteiger partial charge in [-0.05, 0) is 0 Å². The molecule has 6 nitrogen and oxygen atoms in total. The molecule has 0 aliphatic heterocycles. The van der Waals surface area contributed by atoms with E-state index < -0.39 is 0 Å². The molecule has 0 atom stereocenters. The predicted molar refractivity (Wildman–Crippen MR) is 29.8 cm³/mol. The Kier molecular flexibility index (Phi) is 2230. The normalized spacial score (nSPS) is 0.706. The van der Waals surface area contributed by atoms with Gasteiger partial charge in [0.1, 0.15) is 0 Å². The van der Waals surface area contributed by atoms with Crippen molar-refractivity contribution in [1.82, 2.24) is 0 Å². The Hall–Kier alpha value is 4.00. The van der Waals surface area contributed by atoms with Crippen LogP contribution in [0, 0.1) is 71.0 Å². The fraction of sp³-hybridized carbons (Fsp3) is 0. The minimum atomic E-state index is 0. The van der Waals surface area contributed by atoms with Gasteiger partial charge in [0.15, 0.2) is 0 Å². The van der Waals surface area contributed by atoms with Crippen molar-refractivity contribution in [2.24, 2.45) is 0 Å². The first kappa shape index (κ1) is 84.0. The van der Waals surface area contributed by atoms with E-state index in [9.17, 15) is 0 Å². The topological polar surface area (TPSA) is 143 Å². The number of hydrogen-bond donors (Lipinski definition) is 0. The van der Waals surface area contributed by atoms with Crippen LogP contribution in [0.1, 0.15) is 0 Å². The number of nitrogens with zero attached hydrogens (tertiary/aromatic N) is 6. The molecule has 0 fully saturated rings. The summed E-state index contributed by atoms with van der Waals surface area (Å²) in [5, 5.41) is 37.5. The summed E-state index contributed by atoms with van der Waals surface area (Å²) in [5.74, 6) is 0. The van der Waals surface area contributed by atoms with Gasteiger partial charge in [-0.1, -0.05) is 0 Å². The van der Waals surface area contributed by atoms with Crippen molar-refractivity contribution in [3.8, 4) is 0 Å². The average Bonchev–Trinajstić information content (AvgIpc) is 2.33. The fourth-order valence-corrected chi connectivity index (χ4v) is 0. The van der Waals surface area contributed by atoms with Crippen LogP contribution in [0.25, 0.3) is 0 Å². The van der Waals surface area contributed by atoms with Crippen LogP contribution < -0.4 is 206 Å². The third kappa shape index (κ3) is 404. The summed E-state index contributed by atoms with van der Waals surface area (Å²) < 4.78 is 0. The molecule has 17 heavy (non-hydrogen) atoms. The first-order valence-corrected chi connectivity index (χ1v) is 1.34. The molecule has 0 saturated heterocycles. The molecule has 0 rings (SSSR count). The molecule has 0 aliphatic rings. The maximum atomic E-state index is 6.25. The van der Waals surface area contributed by atoms with Crippen molar-refractivity contribution in [1.29, 1.82) is 31.6 Å². The SMILES string of the molecule is [C-]#N.[C-]#N.[C-]#N.[C-]#N.[C-]#N.[C-]#N.[Fe+2].[K+].[K+].[K+].[K+]. The van der Waals surface area contributed by atoms with Gasteiger partial charge < -0.3 is 71.0 Å². The van der Waals surface area contributed by atoms with E-state index in [1.807, 2.05) is 0 Å². The minimum Gasteiger partial charge on any atom is -0.512 e. The second-order valence-corrected chi connectivity index (χ2v) is 0. The molecule has 0 aromatic heterocycles. The van der Waals surface area contributed by atoms with Gasteiger partial charge >= 0.3 is 223 Å². The maximum absolute atomic E-state index is 6.25. The van der Waals surface area contributed by atoms with E-state index in [1.54, 1.807) is 0 Å². The van der Waals surface area contributed by atoms with Crippen LogP contribution in [0.15, 0.2) is 0 Å². The van der Waals surface area contributed by atoms with Gasteiger partial charge in [-0.2, -0.15) is 0 Å². The van der Waals surface area contributed by atoms with Crippen LogP contribution >= 0.6 is 0 Å². The summed E-state index contributed by atoms with van der Waals surface area (Å²) in [4.78, 5) is 0. The standard InChI is InChI=1S/6CN.Fe.4K/c6*1-2;;;;;/q6*-1;+2;4*+1. The molecule has 0 aromatic carbocycles. The van der Waals surface area contributed by atoms with E-state index >= 15 is 0 Å². The average molecular weight is 368 g/mol. The van der Waals surface area contributed by atoms with E-state index in [2.05, 4.69) is 0 Å². The van der Waals surface area contributed by atoms with Crippen LogP contribution in [0.2, 0.25) is 0 Å². The molecule has 0 N–H and O–H groups in total. The molecule has 0 aromatic rings. The zero-order valence-corrected chi connectivity index (χ0v) is 23.6. The van der Waals surface area contributed by atoms with Crippen LogP contribution in [0.3, 0.4) is 0 Å². The molecule has 0 saturated carbocycles. The Morgan fingerprint density at radius 1 is 0.294 bits per heavy atom. The summed E-state index contributed by atoms with van der Waals surface area (Å²) >= 11 is 0. The minimum absolute atomic E-state index is 0. The third-order valence-electron chi connectivity index (χ3n) is 0. The molecule has 0 heterocycles. The Labute approximate surface area is 284 Å². The summed E-state index contributed by atoms with van der Waals surface area (Å²) in [7, 11) is 0. The molecule has 0 radical (unpaired) electrons. The molecular weight excluding hydrogens is 368 g/mol. The van der Waals surface area contributed by atoms with E-state index in [-0.39, 0.29) is 223 Å². The molecule has 0 aliphatic carbocycles. The molecule has 0 unspecified atom stereocenters. The first-order chi connectivity index (χ1) is 6.00. The second-order valence-electron chi connectivity index (χ2n) is 0. The number of hydrogen-bond acceptors (Lipinski definition) is 6. The third-order valence-corrected chi connectivity index (χ3v) is 0. The quantitative estimate of drug-likeness (QED) is 0.307. The molecule has 0 spiro atoms. The van der Waals surface area contributed by atoms with Crippen LogP contribution in [0.5, 0.6) is 0 Å². The van der Waals surface area contributed by atoms with Gasteiger partial charge in [0.2, 0.25) is 0 Å². The van der Waals surface area contributed by atoms with Crippen LogP contribution in [-0.2, 0) is 17.1 Å². The van der Waals surface area contributed by atoms with E-state index in [0.717, 1.165) is 0 Å². The molecule has 11 heteroatoms. The molecular formula is C6FeK4N6. The Morgan fingerprint density at radius 2 is 0.294 bits per heavy atom. The van der Waals surface area contributed by atoms with Crippen LogP contribution in [-0.4, -0.2) is 0 Å². The van der Waals surface area contributed by atoms with Gasteiger partial charge in [-0.15, -0.1) is 0 Å². The summed E-state index contributed by atoms with van der Waals surface area (Å²) in [6.45, 7) is 28.5. The van der Waals surface area contributed by atoms with Gasteiger partial charge in [0.05, 0.1) is 0 Å². The molecule has 0 amide bonds. The van der Waals surface area contributed by atoms with Gasteiger partial charge in [0, 0.05) is 0 Å². The van der Waals surface area contributed by atoms with E-state index in [0.29, 0.717) is 0 Å². The van der Waals surface area contributed by atoms with E-state index in [1.165, 1.54) is 0 Å². The molecule has 66 valence electrons. The van der Waals surface area contributed by atoms with Gasteiger partial charge in [0.25, 0.3) is 0 Å². The van der Waals surface area contributed by atoms with Gasteiger partial charge in [-0.25, -0.2) is 0 Å². The summed E-state index contributed by atoms with van der Waals surface area (Å²) in [5.41, 5.74) is 0. The smallest absolute Gasteiger partial charge is 0.512 e. The monoisotopic (exact) mass is 368 g/mol. The molecule has 0 bridgehead atoms. The van der Waals surface area contributed by atoms with Crippen molar-refractivity contribution in [3.05, 3.63) is 39.4 Å². The predicted octanol–water partition coefficient (Wildman–Crippen LogP) is -11.4. The largest absolute Gasteiger partial charge is 2.00 e. The maximum Gasteiger partial charge on any atom is 2.00 e. The van der Waals surface area contributed by atoms with Crippen molar-refractivity contribution >= 4 is 0 Å². The van der Waals surface area contributed by atoms with Crippen molar-refractivity contribution in [2.75, 3.05) is 0 Å². The van der Waals surface area contributed by atoms with Gasteiger partial charge in [-0.3, -0.25) is 0 Å². The Morgan fingerprint density at radius 3 is 0.294 bits per heavy atom. The summed E-state index contributed by atoms with van der Waals surface area (Å²) in [6, 6.07) is 0. The zero-order valence-electron chi connectivity index (χ0n) is 10.0. The number of rotatable bonds is 0.